The number of nitrogens with zero attached hydrogens (tertiary/aromatic N) is 3. The molecule has 0 aromatic heterocycles. The van der Waals surface area contributed by atoms with E-state index in [1.807, 2.05) is 11.9 Å². The van der Waals surface area contributed by atoms with Crippen molar-refractivity contribution in [2.75, 3.05) is 34.2 Å². The molecule has 1 heterocycles. The Kier molecular flexibility index (Phi) is 2.58. The molecule has 1 unspecified atom stereocenters. The number of carbonyl (C=O) groups excluding carboxylic acids is 1. The van der Waals surface area contributed by atoms with Gasteiger partial charge in [-0.3, -0.25) is 4.79 Å². The lowest BCUT2D eigenvalue weighted by molar-refractivity contribution is -0.135. The summed E-state index contributed by atoms with van der Waals surface area (Å²) in [6, 6.07) is 2.16. The number of carbonyl (C=O) groups is 1. The van der Waals surface area contributed by atoms with Crippen LogP contribution in [0.2, 0.25) is 0 Å². The standard InChI is InChI=1S/C9H15N3O/c1-11(2)8(13)9(6-10)4-5-12(3)7-9/h4-5,7H2,1-3H3. The van der Waals surface area contributed by atoms with Crippen LogP contribution in [0.3, 0.4) is 0 Å². The Morgan fingerprint density at radius 1 is 1.62 bits per heavy atom. The summed E-state index contributed by atoms with van der Waals surface area (Å²) < 4.78 is 0. The molecule has 1 atom stereocenters. The molecule has 0 aromatic rings. The van der Waals surface area contributed by atoms with Gasteiger partial charge in [0.25, 0.3) is 0 Å². The van der Waals surface area contributed by atoms with Crippen LogP contribution in [-0.4, -0.2) is 49.9 Å². The van der Waals surface area contributed by atoms with Gasteiger partial charge in [0.1, 0.15) is 5.41 Å². The van der Waals surface area contributed by atoms with Gasteiger partial charge in [-0.1, -0.05) is 0 Å². The van der Waals surface area contributed by atoms with Gasteiger partial charge in [-0.2, -0.15) is 5.26 Å². The normalized spacial score (nSPS) is 28.5. The van der Waals surface area contributed by atoms with E-state index < -0.39 is 5.41 Å². The first-order valence-electron chi connectivity index (χ1n) is 4.33. The van der Waals surface area contributed by atoms with E-state index in [1.54, 1.807) is 14.1 Å². The zero-order chi connectivity index (χ0) is 10.1. The van der Waals surface area contributed by atoms with Gasteiger partial charge in [0.15, 0.2) is 0 Å². The summed E-state index contributed by atoms with van der Waals surface area (Å²) in [7, 11) is 5.32. The fourth-order valence-corrected chi connectivity index (χ4v) is 1.74. The van der Waals surface area contributed by atoms with Crippen LogP contribution in [0.25, 0.3) is 0 Å². The fraction of sp³-hybridized carbons (Fsp3) is 0.778. The molecular formula is C9H15N3O. The number of likely N-dealkylation sites (tertiary alicyclic amines) is 1. The second-order valence-corrected chi connectivity index (χ2v) is 3.88. The SMILES string of the molecule is CN1CCC(C#N)(C(=O)N(C)C)C1. The Morgan fingerprint density at radius 3 is 2.54 bits per heavy atom. The van der Waals surface area contributed by atoms with Gasteiger partial charge < -0.3 is 9.80 Å². The molecule has 1 rings (SSSR count). The Hall–Kier alpha value is -1.08. The minimum atomic E-state index is -0.793. The Bertz CT molecular complexity index is 256. The van der Waals surface area contributed by atoms with Crippen molar-refractivity contribution in [3.8, 4) is 6.07 Å². The average Bonchev–Trinajstić information content (AvgIpc) is 2.47. The molecular weight excluding hydrogens is 166 g/mol. The second-order valence-electron chi connectivity index (χ2n) is 3.88. The number of nitriles is 1. The molecule has 72 valence electrons. The molecule has 1 amide bonds. The van der Waals surface area contributed by atoms with Crippen molar-refractivity contribution in [3.63, 3.8) is 0 Å². The molecule has 0 aliphatic carbocycles. The highest BCUT2D eigenvalue weighted by molar-refractivity contribution is 5.85. The van der Waals surface area contributed by atoms with Gasteiger partial charge in [0, 0.05) is 20.6 Å². The molecule has 0 N–H and O–H groups in total. The summed E-state index contributed by atoms with van der Waals surface area (Å²) in [5.74, 6) is -0.0700. The van der Waals surface area contributed by atoms with Crippen LogP contribution in [0.15, 0.2) is 0 Å². The quantitative estimate of drug-likeness (QED) is 0.568. The van der Waals surface area contributed by atoms with Crippen LogP contribution in [0.4, 0.5) is 0 Å². The lowest BCUT2D eigenvalue weighted by Crippen LogP contribution is -2.40. The van der Waals surface area contributed by atoms with Gasteiger partial charge in [0.2, 0.25) is 5.91 Å². The van der Waals surface area contributed by atoms with Crippen LogP contribution >= 0.6 is 0 Å². The highest BCUT2D eigenvalue weighted by Gasteiger charge is 2.44. The van der Waals surface area contributed by atoms with Crippen molar-refractivity contribution in [2.24, 2.45) is 5.41 Å². The lowest BCUT2D eigenvalue weighted by Gasteiger charge is -2.23. The summed E-state index contributed by atoms with van der Waals surface area (Å²) in [4.78, 5) is 15.2. The number of hydrogen-bond donors (Lipinski definition) is 0. The summed E-state index contributed by atoms with van der Waals surface area (Å²) in [6.45, 7) is 1.38. The zero-order valence-corrected chi connectivity index (χ0v) is 8.37. The first-order chi connectivity index (χ1) is 6.02. The molecule has 4 nitrogen and oxygen atoms in total. The summed E-state index contributed by atoms with van der Waals surface area (Å²) in [5.41, 5.74) is -0.793. The second kappa shape index (κ2) is 3.35. The number of rotatable bonds is 1. The zero-order valence-electron chi connectivity index (χ0n) is 8.37. The van der Waals surface area contributed by atoms with Crippen LogP contribution in [-0.2, 0) is 4.79 Å². The third-order valence-electron chi connectivity index (χ3n) is 2.49. The maximum absolute atomic E-state index is 11.7. The van der Waals surface area contributed by atoms with Crippen molar-refractivity contribution in [2.45, 2.75) is 6.42 Å². The first-order valence-corrected chi connectivity index (χ1v) is 4.33. The van der Waals surface area contributed by atoms with E-state index in [9.17, 15) is 4.79 Å². The largest absolute Gasteiger partial charge is 0.347 e. The Morgan fingerprint density at radius 2 is 2.23 bits per heavy atom. The van der Waals surface area contributed by atoms with E-state index in [4.69, 9.17) is 5.26 Å². The lowest BCUT2D eigenvalue weighted by atomic mass is 9.87. The predicted octanol–water partition coefficient (Wildman–Crippen LogP) is -0.0799. The van der Waals surface area contributed by atoms with E-state index in [2.05, 4.69) is 6.07 Å². The smallest absolute Gasteiger partial charge is 0.243 e. The van der Waals surface area contributed by atoms with Crippen LogP contribution in [0.5, 0.6) is 0 Å². The molecule has 1 saturated heterocycles. The topological polar surface area (TPSA) is 47.3 Å². The highest BCUT2D eigenvalue weighted by atomic mass is 16.2. The third-order valence-corrected chi connectivity index (χ3v) is 2.49. The van der Waals surface area contributed by atoms with E-state index >= 15 is 0 Å². The third kappa shape index (κ3) is 1.65. The molecule has 0 spiro atoms. The van der Waals surface area contributed by atoms with Crippen molar-refractivity contribution in [1.82, 2.24) is 9.80 Å². The van der Waals surface area contributed by atoms with Gasteiger partial charge in [0.05, 0.1) is 6.07 Å². The fourth-order valence-electron chi connectivity index (χ4n) is 1.74. The van der Waals surface area contributed by atoms with Crippen molar-refractivity contribution in [1.29, 1.82) is 5.26 Å². The average molecular weight is 181 g/mol. The van der Waals surface area contributed by atoms with E-state index in [1.165, 1.54) is 4.90 Å². The van der Waals surface area contributed by atoms with E-state index in [0.29, 0.717) is 13.0 Å². The summed E-state index contributed by atoms with van der Waals surface area (Å²) in [5, 5.41) is 9.03. The minimum Gasteiger partial charge on any atom is -0.347 e. The molecule has 13 heavy (non-hydrogen) atoms. The predicted molar refractivity (Wildman–Crippen MR) is 48.9 cm³/mol. The Balaban J connectivity index is 2.84. The van der Waals surface area contributed by atoms with E-state index in [-0.39, 0.29) is 5.91 Å². The van der Waals surface area contributed by atoms with Gasteiger partial charge in [-0.05, 0) is 20.0 Å². The van der Waals surface area contributed by atoms with Crippen molar-refractivity contribution >= 4 is 5.91 Å². The molecule has 0 bridgehead atoms. The minimum absolute atomic E-state index is 0.0700. The number of hydrogen-bond acceptors (Lipinski definition) is 3. The van der Waals surface area contributed by atoms with Crippen LogP contribution in [0.1, 0.15) is 6.42 Å². The molecule has 1 aliphatic rings. The molecule has 0 aromatic carbocycles. The van der Waals surface area contributed by atoms with E-state index in [0.717, 1.165) is 6.54 Å². The van der Waals surface area contributed by atoms with Crippen LogP contribution in [0, 0.1) is 16.7 Å². The Labute approximate surface area is 78.7 Å². The van der Waals surface area contributed by atoms with Crippen LogP contribution < -0.4 is 0 Å². The maximum Gasteiger partial charge on any atom is 0.243 e. The summed E-state index contributed by atoms with van der Waals surface area (Å²) in [6.07, 6.45) is 0.650. The van der Waals surface area contributed by atoms with Gasteiger partial charge >= 0.3 is 0 Å². The maximum atomic E-state index is 11.7. The van der Waals surface area contributed by atoms with Gasteiger partial charge in [-0.25, -0.2) is 0 Å². The molecule has 1 aliphatic heterocycles. The van der Waals surface area contributed by atoms with Crippen molar-refractivity contribution in [3.05, 3.63) is 0 Å². The monoisotopic (exact) mass is 181 g/mol. The van der Waals surface area contributed by atoms with Gasteiger partial charge in [-0.15, -0.1) is 0 Å². The molecule has 4 heteroatoms. The first kappa shape index (κ1) is 10.0. The highest BCUT2D eigenvalue weighted by Crippen LogP contribution is 2.30. The summed E-state index contributed by atoms with van der Waals surface area (Å²) >= 11 is 0. The molecule has 0 saturated carbocycles. The molecule has 1 fully saturated rings. The number of amides is 1. The van der Waals surface area contributed by atoms with Crippen molar-refractivity contribution < 1.29 is 4.79 Å². The molecule has 0 radical (unpaired) electrons.